The maximum atomic E-state index is 5.12. The van der Waals surface area contributed by atoms with Crippen LogP contribution in [0.15, 0.2) is 140 Å². The Kier molecular flexibility index (Phi) is 5.91. The van der Waals surface area contributed by atoms with Gasteiger partial charge in [-0.15, -0.1) is 0 Å². The minimum Gasteiger partial charge on any atom is -0.294 e. The molecule has 4 heteroatoms. The van der Waals surface area contributed by atoms with E-state index in [-0.39, 0.29) is 0 Å². The number of aryl methyl sites for hydroxylation is 1. The summed E-state index contributed by atoms with van der Waals surface area (Å²) in [4.78, 5) is 14.6. The van der Waals surface area contributed by atoms with E-state index in [0.717, 1.165) is 63.1 Å². The van der Waals surface area contributed by atoms with Gasteiger partial charge in [-0.05, 0) is 82.3 Å². The van der Waals surface area contributed by atoms with E-state index in [2.05, 4.69) is 131 Å². The molecule has 0 amide bonds. The Morgan fingerprint density at radius 3 is 2.22 bits per heavy atom. The summed E-state index contributed by atoms with van der Waals surface area (Å²) in [5.41, 5.74) is 11.2. The van der Waals surface area contributed by atoms with Crippen LogP contribution in [0, 0.1) is 0 Å². The molecule has 1 aliphatic carbocycles. The van der Waals surface area contributed by atoms with Crippen LogP contribution in [-0.2, 0) is 6.42 Å². The molecule has 0 bridgehead atoms. The number of allylic oxidation sites excluding steroid dienone is 1. The topological polar surface area (TPSA) is 43.6 Å². The number of fused-ring (bicyclic) bond motifs is 5. The highest BCUT2D eigenvalue weighted by Crippen LogP contribution is 2.38. The molecule has 0 atom stereocenters. The lowest BCUT2D eigenvalue weighted by Crippen LogP contribution is -1.99. The van der Waals surface area contributed by atoms with Crippen molar-refractivity contribution in [1.29, 1.82) is 0 Å². The lowest BCUT2D eigenvalue weighted by molar-refractivity contribution is 0.989. The van der Waals surface area contributed by atoms with Crippen molar-refractivity contribution in [2.24, 2.45) is 0 Å². The zero-order chi connectivity index (χ0) is 29.7. The molecule has 0 unspecified atom stereocenters. The van der Waals surface area contributed by atoms with Crippen LogP contribution in [0.3, 0.4) is 0 Å². The molecular weight excluding hydrogens is 548 g/mol. The fourth-order valence-electron chi connectivity index (χ4n) is 6.87. The van der Waals surface area contributed by atoms with E-state index in [1.54, 1.807) is 0 Å². The van der Waals surface area contributed by atoms with Crippen LogP contribution in [0.4, 0.5) is 0 Å². The summed E-state index contributed by atoms with van der Waals surface area (Å²) < 4.78 is 2.21. The second-order valence-electron chi connectivity index (χ2n) is 11.6. The Bertz CT molecular complexity index is 2380. The summed E-state index contributed by atoms with van der Waals surface area (Å²) in [5.74, 6) is 0.855. The number of aromatic nitrogens is 4. The van der Waals surface area contributed by atoms with Crippen LogP contribution in [0.25, 0.3) is 78.2 Å². The first kappa shape index (κ1) is 25.6. The highest BCUT2D eigenvalue weighted by atomic mass is 15.1. The molecule has 4 aromatic carbocycles. The maximum absolute atomic E-state index is 5.12. The van der Waals surface area contributed by atoms with Crippen molar-refractivity contribution in [3.63, 3.8) is 0 Å². The highest BCUT2D eigenvalue weighted by Gasteiger charge is 2.16. The van der Waals surface area contributed by atoms with Gasteiger partial charge in [0, 0.05) is 28.7 Å². The molecule has 0 aliphatic heterocycles. The fraction of sp³-hybridized carbons (Fsp3) is 0.0488. The zero-order valence-corrected chi connectivity index (χ0v) is 24.6. The number of pyridine rings is 3. The Balaban J connectivity index is 1.10. The summed E-state index contributed by atoms with van der Waals surface area (Å²) in [6, 6.07) is 42.7. The molecule has 4 heterocycles. The van der Waals surface area contributed by atoms with Gasteiger partial charge in [0.1, 0.15) is 5.82 Å². The Morgan fingerprint density at radius 1 is 0.578 bits per heavy atom. The van der Waals surface area contributed by atoms with Crippen molar-refractivity contribution in [3.8, 4) is 39.6 Å². The van der Waals surface area contributed by atoms with Crippen molar-refractivity contribution in [2.45, 2.75) is 12.8 Å². The van der Waals surface area contributed by atoms with Crippen LogP contribution in [0.5, 0.6) is 0 Å². The molecule has 1 aliphatic rings. The normalized spacial score (nSPS) is 12.6. The van der Waals surface area contributed by atoms with Crippen LogP contribution < -0.4 is 0 Å². The minimum absolute atomic E-state index is 0.833. The van der Waals surface area contributed by atoms with Crippen molar-refractivity contribution in [3.05, 3.63) is 151 Å². The largest absolute Gasteiger partial charge is 0.294 e. The third kappa shape index (κ3) is 4.26. The molecule has 9 rings (SSSR count). The number of nitrogens with zero attached hydrogens (tertiary/aromatic N) is 4. The molecule has 4 nitrogen and oxygen atoms in total. The third-order valence-corrected chi connectivity index (χ3v) is 8.96. The number of hydrogen-bond donors (Lipinski definition) is 0. The summed E-state index contributed by atoms with van der Waals surface area (Å²) in [5, 5.41) is 4.87. The average molecular weight is 577 g/mol. The summed E-state index contributed by atoms with van der Waals surface area (Å²) in [7, 11) is 0. The number of para-hydroxylation sites is 1. The van der Waals surface area contributed by atoms with Gasteiger partial charge in [0.05, 0.1) is 28.1 Å². The Morgan fingerprint density at radius 2 is 1.31 bits per heavy atom. The fourth-order valence-corrected chi connectivity index (χ4v) is 6.87. The van der Waals surface area contributed by atoms with Crippen LogP contribution >= 0.6 is 0 Å². The highest BCUT2D eigenvalue weighted by molar-refractivity contribution is 6.08. The molecule has 212 valence electrons. The summed E-state index contributed by atoms with van der Waals surface area (Å²) in [6.45, 7) is 0. The van der Waals surface area contributed by atoms with E-state index in [0.29, 0.717) is 0 Å². The van der Waals surface area contributed by atoms with Crippen LogP contribution in [0.2, 0.25) is 0 Å². The second kappa shape index (κ2) is 10.4. The van der Waals surface area contributed by atoms with E-state index in [9.17, 15) is 0 Å². The smallest absolute Gasteiger partial charge is 0.138 e. The molecule has 45 heavy (non-hydrogen) atoms. The average Bonchev–Trinajstić information content (AvgIpc) is 3.45. The molecule has 8 aromatic rings. The second-order valence-corrected chi connectivity index (χ2v) is 11.6. The molecular formula is C41H28N4. The van der Waals surface area contributed by atoms with Gasteiger partial charge in [-0.2, -0.15) is 0 Å². The lowest BCUT2D eigenvalue weighted by atomic mass is 9.85. The van der Waals surface area contributed by atoms with Gasteiger partial charge >= 0.3 is 0 Å². The number of hydrogen-bond acceptors (Lipinski definition) is 3. The van der Waals surface area contributed by atoms with Crippen molar-refractivity contribution >= 4 is 38.7 Å². The van der Waals surface area contributed by atoms with Gasteiger partial charge in [0.2, 0.25) is 0 Å². The van der Waals surface area contributed by atoms with Gasteiger partial charge in [-0.1, -0.05) is 97.1 Å². The van der Waals surface area contributed by atoms with Crippen molar-refractivity contribution in [2.75, 3.05) is 0 Å². The van der Waals surface area contributed by atoms with Crippen LogP contribution in [0.1, 0.15) is 17.5 Å². The van der Waals surface area contributed by atoms with Crippen LogP contribution in [-0.4, -0.2) is 19.5 Å². The van der Waals surface area contributed by atoms with Gasteiger partial charge in [-0.3, -0.25) is 9.55 Å². The summed E-state index contributed by atoms with van der Waals surface area (Å²) in [6.07, 6.45) is 10.5. The zero-order valence-electron chi connectivity index (χ0n) is 24.6. The van der Waals surface area contributed by atoms with E-state index in [4.69, 9.17) is 9.97 Å². The first-order valence-corrected chi connectivity index (χ1v) is 15.4. The Labute approximate surface area is 261 Å². The molecule has 0 fully saturated rings. The quantitative estimate of drug-likeness (QED) is 0.209. The Hall–Kier alpha value is -5.87. The maximum Gasteiger partial charge on any atom is 0.138 e. The molecule has 0 saturated heterocycles. The predicted octanol–water partition coefficient (Wildman–Crippen LogP) is 10.1. The van der Waals surface area contributed by atoms with E-state index >= 15 is 0 Å². The molecule has 0 spiro atoms. The first-order chi connectivity index (χ1) is 22.3. The SMILES string of the molecule is C1=Cc2c(cc3ccccc3c2-c2ccc(-c3cccc(-c4cccc(-n5c6ccccc6c6cnccc65)n4)n3)cc2)CC1. The van der Waals surface area contributed by atoms with Gasteiger partial charge in [0.25, 0.3) is 0 Å². The van der Waals surface area contributed by atoms with E-state index < -0.39 is 0 Å². The minimum atomic E-state index is 0.833. The lowest BCUT2D eigenvalue weighted by Gasteiger charge is -2.19. The van der Waals surface area contributed by atoms with Gasteiger partial charge in [-0.25, -0.2) is 9.97 Å². The predicted molar refractivity (Wildman–Crippen MR) is 185 cm³/mol. The van der Waals surface area contributed by atoms with E-state index in [1.807, 2.05) is 24.5 Å². The first-order valence-electron chi connectivity index (χ1n) is 15.4. The number of benzene rings is 4. The number of rotatable bonds is 4. The standard InChI is InChI=1S/C41H28N4/c1-3-11-31-29(9-1)25-30-10-2-4-12-32(30)41(31)28-21-19-27(20-22-28)35-14-7-15-36(43-35)37-16-8-18-40(44-37)45-38-17-6-5-13-33(38)34-26-42-24-23-39(34)45/h1,3-9,11-26H,2,10H2. The third-order valence-electron chi connectivity index (χ3n) is 8.96. The van der Waals surface area contributed by atoms with Crippen molar-refractivity contribution in [1.82, 2.24) is 19.5 Å². The van der Waals surface area contributed by atoms with E-state index in [1.165, 1.54) is 33.0 Å². The summed E-state index contributed by atoms with van der Waals surface area (Å²) >= 11 is 0. The van der Waals surface area contributed by atoms with Gasteiger partial charge in [0.15, 0.2) is 0 Å². The van der Waals surface area contributed by atoms with Gasteiger partial charge < -0.3 is 0 Å². The molecule has 4 aromatic heterocycles. The monoisotopic (exact) mass is 576 g/mol. The molecule has 0 radical (unpaired) electrons. The molecule has 0 N–H and O–H groups in total. The van der Waals surface area contributed by atoms with Crippen molar-refractivity contribution < 1.29 is 0 Å². The molecule has 0 saturated carbocycles.